The number of rotatable bonds is 6. The maximum Gasteiger partial charge on any atom is 0.428 e. The Morgan fingerprint density at radius 1 is 0.484 bits per heavy atom. The Bertz CT molecular complexity index is 803. The van der Waals surface area contributed by atoms with Gasteiger partial charge in [-0.3, -0.25) is 4.74 Å². The molecule has 11 heteroatoms. The summed E-state index contributed by atoms with van der Waals surface area (Å²) in [5.74, 6) is -9.84. The van der Waals surface area contributed by atoms with E-state index in [1.165, 1.54) is 12.1 Å². The first kappa shape index (κ1) is 25.0. The van der Waals surface area contributed by atoms with Gasteiger partial charge in [-0.1, -0.05) is 60.7 Å². The average Bonchev–Trinajstić information content (AvgIpc) is 2.67. The van der Waals surface area contributed by atoms with Gasteiger partial charge in [0.25, 0.3) is 23.0 Å². The van der Waals surface area contributed by atoms with Gasteiger partial charge in [0.1, 0.15) is 0 Å². The van der Waals surface area contributed by atoms with Gasteiger partial charge in [0.15, 0.2) is 0 Å². The Balaban J connectivity index is 2.85. The van der Waals surface area contributed by atoms with Crippen molar-refractivity contribution < 1.29 is 48.6 Å². The molecule has 0 radical (unpaired) electrons. The molecule has 4 unspecified atom stereocenters. The third kappa shape index (κ3) is 3.99. The molecule has 2 aromatic carbocycles. The van der Waals surface area contributed by atoms with Gasteiger partial charge in [-0.15, -0.1) is 0 Å². The van der Waals surface area contributed by atoms with E-state index >= 15 is 8.78 Å². The van der Waals surface area contributed by atoms with Crippen molar-refractivity contribution in [3.05, 3.63) is 71.8 Å². The highest BCUT2D eigenvalue weighted by Gasteiger charge is 2.76. The molecule has 0 aliphatic carbocycles. The Morgan fingerprint density at radius 2 is 0.742 bits per heavy atom. The predicted octanol–water partition coefficient (Wildman–Crippen LogP) is 7.23. The summed E-state index contributed by atoms with van der Waals surface area (Å²) >= 11 is 0. The second-order valence-corrected chi connectivity index (χ2v) is 7.03. The zero-order chi connectivity index (χ0) is 23.9. The molecule has 0 saturated heterocycles. The zero-order valence-corrected chi connectivity index (χ0v) is 16.0. The molecule has 0 aromatic heterocycles. The summed E-state index contributed by atoms with van der Waals surface area (Å²) in [4.78, 5) is 0. The van der Waals surface area contributed by atoms with Crippen molar-refractivity contribution in [1.82, 2.24) is 0 Å². The third-order valence-corrected chi connectivity index (χ3v) is 4.84. The molecule has 0 N–H and O–H groups in total. The fourth-order valence-electron chi connectivity index (χ4n) is 2.72. The summed E-state index contributed by atoms with van der Waals surface area (Å²) in [5.41, 5.74) is -12.8. The summed E-state index contributed by atoms with van der Waals surface area (Å²) < 4.78 is 146. The summed E-state index contributed by atoms with van der Waals surface area (Å²) in [6.07, 6.45) is -12.2. The lowest BCUT2D eigenvalue weighted by Gasteiger charge is -2.45. The predicted molar refractivity (Wildman–Crippen MR) is 90.7 cm³/mol. The van der Waals surface area contributed by atoms with Gasteiger partial charge < -0.3 is 0 Å². The Morgan fingerprint density at radius 3 is 0.968 bits per heavy atom. The number of benzene rings is 2. The van der Waals surface area contributed by atoms with Crippen molar-refractivity contribution in [2.75, 3.05) is 0 Å². The molecule has 0 aliphatic rings. The first-order valence-electron chi connectivity index (χ1n) is 8.62. The quantitative estimate of drug-likeness (QED) is 0.412. The standard InChI is InChI=1S/C20H16F10O/c1-15(21,19(25,26)27)17(23,13-9-5-3-6-10-13)31-18(24,14-11-7-4-8-12-14)16(2,22)20(28,29)30/h3-12H,1-2H3. The van der Waals surface area contributed by atoms with E-state index in [2.05, 4.69) is 4.74 Å². The average molecular weight is 462 g/mol. The van der Waals surface area contributed by atoms with Gasteiger partial charge in [-0.05, 0) is 13.8 Å². The molecule has 0 fully saturated rings. The molecular formula is C20H16F10O. The number of halogens is 10. The Kier molecular flexibility index (Phi) is 6.19. The summed E-state index contributed by atoms with van der Waals surface area (Å²) in [6.45, 7) is -0.761. The molecule has 0 bridgehead atoms. The Labute approximate surface area is 170 Å². The van der Waals surface area contributed by atoms with Crippen LogP contribution in [-0.2, 0) is 16.4 Å². The molecule has 0 heterocycles. The molecule has 1 nitrogen and oxygen atoms in total. The van der Waals surface area contributed by atoms with Crippen LogP contribution in [0.1, 0.15) is 25.0 Å². The first-order chi connectivity index (χ1) is 13.9. The van der Waals surface area contributed by atoms with Crippen molar-refractivity contribution >= 4 is 0 Å². The van der Waals surface area contributed by atoms with Crippen LogP contribution in [0.2, 0.25) is 0 Å². The third-order valence-electron chi connectivity index (χ3n) is 4.84. The van der Waals surface area contributed by atoms with Crippen LogP contribution in [0, 0.1) is 0 Å². The van der Waals surface area contributed by atoms with Gasteiger partial charge in [-0.2, -0.15) is 26.3 Å². The van der Waals surface area contributed by atoms with Crippen LogP contribution in [-0.4, -0.2) is 23.7 Å². The van der Waals surface area contributed by atoms with Crippen LogP contribution in [0.4, 0.5) is 43.9 Å². The summed E-state index contributed by atoms with van der Waals surface area (Å²) in [6, 6.07) is 8.16. The van der Waals surface area contributed by atoms with E-state index in [9.17, 15) is 35.1 Å². The smallest absolute Gasteiger partial charge is 0.295 e. The van der Waals surface area contributed by atoms with Crippen LogP contribution >= 0.6 is 0 Å². The molecule has 172 valence electrons. The SMILES string of the molecule is CC(F)(C(F)(F)F)C(F)(OC(F)(c1ccccc1)C(C)(F)C(F)(F)F)c1ccccc1. The molecule has 2 aromatic rings. The highest BCUT2D eigenvalue weighted by molar-refractivity contribution is 5.29. The maximum absolute atomic E-state index is 15.8. The van der Waals surface area contributed by atoms with Gasteiger partial charge >= 0.3 is 12.4 Å². The highest BCUT2D eigenvalue weighted by atomic mass is 19.4. The number of ether oxygens (including phenoxy) is 1. The van der Waals surface area contributed by atoms with Gasteiger partial charge in [0.05, 0.1) is 0 Å². The van der Waals surface area contributed by atoms with Crippen LogP contribution in [0.25, 0.3) is 0 Å². The van der Waals surface area contributed by atoms with Crippen molar-refractivity contribution in [2.45, 2.75) is 49.2 Å². The molecule has 31 heavy (non-hydrogen) atoms. The largest absolute Gasteiger partial charge is 0.428 e. The lowest BCUT2D eigenvalue weighted by Crippen LogP contribution is -2.62. The lowest BCUT2D eigenvalue weighted by molar-refractivity contribution is -0.425. The molecular weight excluding hydrogens is 446 g/mol. The topological polar surface area (TPSA) is 9.23 Å². The van der Waals surface area contributed by atoms with E-state index in [1.807, 2.05) is 0 Å². The van der Waals surface area contributed by atoms with Crippen molar-refractivity contribution in [3.8, 4) is 0 Å². The lowest BCUT2D eigenvalue weighted by atomic mass is 9.87. The van der Waals surface area contributed by atoms with Gasteiger partial charge in [-0.25, -0.2) is 17.6 Å². The van der Waals surface area contributed by atoms with Crippen LogP contribution in [0.3, 0.4) is 0 Å². The Hall–Kier alpha value is -2.30. The van der Waals surface area contributed by atoms with E-state index in [0.717, 1.165) is 24.3 Å². The number of alkyl halides is 10. The van der Waals surface area contributed by atoms with Gasteiger partial charge in [0.2, 0.25) is 0 Å². The molecule has 0 spiro atoms. The molecule has 2 rings (SSSR count). The van der Waals surface area contributed by atoms with Crippen LogP contribution < -0.4 is 0 Å². The van der Waals surface area contributed by atoms with Crippen LogP contribution in [0.5, 0.6) is 0 Å². The van der Waals surface area contributed by atoms with Crippen LogP contribution in [0.15, 0.2) is 60.7 Å². The first-order valence-corrected chi connectivity index (χ1v) is 8.62. The minimum absolute atomic E-state index is 0.380. The van der Waals surface area contributed by atoms with E-state index in [-0.39, 0.29) is 13.8 Å². The van der Waals surface area contributed by atoms with E-state index in [0.29, 0.717) is 24.3 Å². The normalized spacial score (nSPS) is 20.8. The van der Waals surface area contributed by atoms with E-state index < -0.39 is 46.5 Å². The molecule has 0 amide bonds. The summed E-state index contributed by atoms with van der Waals surface area (Å²) in [5, 5.41) is 0. The minimum atomic E-state index is -6.08. The fraction of sp³-hybridized carbons (Fsp3) is 0.400. The second kappa shape index (κ2) is 7.68. The fourth-order valence-corrected chi connectivity index (χ4v) is 2.72. The zero-order valence-electron chi connectivity index (χ0n) is 16.0. The highest BCUT2D eigenvalue weighted by Crippen LogP contribution is 2.58. The van der Waals surface area contributed by atoms with Crippen molar-refractivity contribution in [1.29, 1.82) is 0 Å². The number of hydrogen-bond acceptors (Lipinski definition) is 1. The maximum atomic E-state index is 15.8. The van der Waals surface area contributed by atoms with Crippen molar-refractivity contribution in [3.63, 3.8) is 0 Å². The number of hydrogen-bond donors (Lipinski definition) is 0. The summed E-state index contributed by atoms with van der Waals surface area (Å²) in [7, 11) is 0. The molecule has 0 aliphatic heterocycles. The van der Waals surface area contributed by atoms with Crippen molar-refractivity contribution in [2.24, 2.45) is 0 Å². The second-order valence-electron chi connectivity index (χ2n) is 7.03. The molecule has 4 atom stereocenters. The van der Waals surface area contributed by atoms with E-state index in [1.54, 1.807) is 0 Å². The monoisotopic (exact) mass is 462 g/mol. The molecule has 0 saturated carbocycles. The van der Waals surface area contributed by atoms with Gasteiger partial charge in [0, 0.05) is 11.1 Å². The minimum Gasteiger partial charge on any atom is -0.295 e. The van der Waals surface area contributed by atoms with E-state index in [4.69, 9.17) is 0 Å².